The number of hydrogen-bond acceptors (Lipinski definition) is 3. The maximum atomic E-state index is 8.91. The van der Waals surface area contributed by atoms with Crippen molar-refractivity contribution in [1.29, 1.82) is 5.26 Å². The lowest BCUT2D eigenvalue weighted by molar-refractivity contribution is 0.0598. The second kappa shape index (κ2) is 5.13. The van der Waals surface area contributed by atoms with Crippen molar-refractivity contribution in [3.05, 3.63) is 23.5 Å². The topological polar surface area (TPSA) is 44.0 Å². The second-order valence-electron chi connectivity index (χ2n) is 5.53. The summed E-state index contributed by atoms with van der Waals surface area (Å²) in [6, 6.07) is 4.14. The summed E-state index contributed by atoms with van der Waals surface area (Å²) in [5.74, 6) is 0. The van der Waals surface area contributed by atoms with E-state index in [1.165, 1.54) is 24.8 Å². The molecule has 18 heavy (non-hydrogen) atoms. The molecular formula is C14H22N4. The van der Waals surface area contributed by atoms with Crippen LogP contribution in [0.4, 0.5) is 0 Å². The van der Waals surface area contributed by atoms with Gasteiger partial charge in [0.1, 0.15) is 11.8 Å². The monoisotopic (exact) mass is 246 g/mol. The molecule has 0 saturated heterocycles. The largest absolute Gasteiger partial charge is 0.342 e. The van der Waals surface area contributed by atoms with Crippen LogP contribution in [0.25, 0.3) is 0 Å². The number of aromatic nitrogens is 1. The summed E-state index contributed by atoms with van der Waals surface area (Å²) in [5, 5.41) is 12.4. The second-order valence-corrected chi connectivity index (χ2v) is 5.53. The van der Waals surface area contributed by atoms with Crippen LogP contribution >= 0.6 is 0 Å². The van der Waals surface area contributed by atoms with Crippen LogP contribution in [0.15, 0.2) is 12.3 Å². The standard InChI is InChI=1S/C14H22N4/c1-17(2)14(5-4-6-14)11-16-9-12-7-13(8-15)18(3)10-12/h7,10,16H,4-6,9,11H2,1-3H3. The molecule has 0 atom stereocenters. The van der Waals surface area contributed by atoms with Gasteiger partial charge >= 0.3 is 0 Å². The van der Waals surface area contributed by atoms with E-state index in [1.54, 1.807) is 0 Å². The third-order valence-corrected chi connectivity index (χ3v) is 4.19. The molecule has 1 heterocycles. The van der Waals surface area contributed by atoms with E-state index in [0.717, 1.165) is 18.8 Å². The van der Waals surface area contributed by atoms with E-state index in [1.807, 2.05) is 23.9 Å². The van der Waals surface area contributed by atoms with Gasteiger partial charge in [-0.15, -0.1) is 0 Å². The molecule has 0 unspecified atom stereocenters. The molecule has 0 aromatic carbocycles. The van der Waals surface area contributed by atoms with Gasteiger partial charge in [-0.05, 0) is 45.0 Å². The minimum Gasteiger partial charge on any atom is -0.342 e. The molecule has 1 aliphatic carbocycles. The van der Waals surface area contributed by atoms with E-state index in [-0.39, 0.29) is 0 Å². The molecule has 0 bridgehead atoms. The van der Waals surface area contributed by atoms with Crippen LogP contribution < -0.4 is 5.32 Å². The van der Waals surface area contributed by atoms with E-state index in [9.17, 15) is 0 Å². The highest BCUT2D eigenvalue weighted by Gasteiger charge is 2.38. The van der Waals surface area contributed by atoms with Crippen LogP contribution in [0.2, 0.25) is 0 Å². The predicted octanol–water partition coefficient (Wildman–Crippen LogP) is 1.47. The van der Waals surface area contributed by atoms with Crippen LogP contribution in [-0.2, 0) is 13.6 Å². The Morgan fingerprint density at radius 2 is 2.22 bits per heavy atom. The Kier molecular flexibility index (Phi) is 3.74. The molecule has 4 nitrogen and oxygen atoms in total. The van der Waals surface area contributed by atoms with E-state index < -0.39 is 0 Å². The highest BCUT2D eigenvalue weighted by Crippen LogP contribution is 2.35. The van der Waals surface area contributed by atoms with Gasteiger partial charge in [0, 0.05) is 31.9 Å². The predicted molar refractivity (Wildman–Crippen MR) is 72.1 cm³/mol. The summed E-state index contributed by atoms with van der Waals surface area (Å²) in [4.78, 5) is 2.34. The van der Waals surface area contributed by atoms with E-state index >= 15 is 0 Å². The van der Waals surface area contributed by atoms with Crippen molar-refractivity contribution in [3.63, 3.8) is 0 Å². The molecule has 1 fully saturated rings. The van der Waals surface area contributed by atoms with Crippen LogP contribution in [-0.4, -0.2) is 35.6 Å². The highest BCUT2D eigenvalue weighted by molar-refractivity contribution is 5.28. The molecule has 1 N–H and O–H groups in total. The highest BCUT2D eigenvalue weighted by atomic mass is 15.2. The average molecular weight is 246 g/mol. The van der Waals surface area contributed by atoms with Gasteiger partial charge in [-0.1, -0.05) is 0 Å². The maximum Gasteiger partial charge on any atom is 0.120 e. The Bertz CT molecular complexity index is 449. The van der Waals surface area contributed by atoms with Crippen molar-refractivity contribution in [3.8, 4) is 6.07 Å². The molecule has 2 rings (SSSR count). The first-order chi connectivity index (χ1) is 8.57. The number of nitrogens with one attached hydrogen (secondary N) is 1. The van der Waals surface area contributed by atoms with Gasteiger partial charge in [0.2, 0.25) is 0 Å². The molecule has 0 amide bonds. The van der Waals surface area contributed by atoms with Crippen molar-refractivity contribution < 1.29 is 0 Å². The molecule has 1 aromatic rings. The Morgan fingerprint density at radius 3 is 2.67 bits per heavy atom. The average Bonchev–Trinajstić information content (AvgIpc) is 2.62. The van der Waals surface area contributed by atoms with Crippen molar-refractivity contribution in [1.82, 2.24) is 14.8 Å². The molecule has 0 spiro atoms. The number of hydrogen-bond donors (Lipinski definition) is 1. The van der Waals surface area contributed by atoms with Gasteiger partial charge in [0.05, 0.1) is 0 Å². The van der Waals surface area contributed by atoms with E-state index in [4.69, 9.17) is 5.26 Å². The number of aryl methyl sites for hydroxylation is 1. The van der Waals surface area contributed by atoms with Gasteiger partial charge in [0.15, 0.2) is 0 Å². The first-order valence-corrected chi connectivity index (χ1v) is 6.51. The fraction of sp³-hybridized carbons (Fsp3) is 0.643. The molecule has 1 saturated carbocycles. The summed E-state index contributed by atoms with van der Waals surface area (Å²) in [5.41, 5.74) is 2.26. The zero-order valence-electron chi connectivity index (χ0n) is 11.5. The van der Waals surface area contributed by atoms with Gasteiger partial charge in [-0.25, -0.2) is 0 Å². The first-order valence-electron chi connectivity index (χ1n) is 6.51. The van der Waals surface area contributed by atoms with Gasteiger partial charge in [0.25, 0.3) is 0 Å². The summed E-state index contributed by atoms with van der Waals surface area (Å²) in [6.45, 7) is 1.86. The SMILES string of the molecule is CN(C)C1(CNCc2cc(C#N)n(C)c2)CCC1. The summed E-state index contributed by atoms with van der Waals surface area (Å²) in [6.07, 6.45) is 5.93. The fourth-order valence-electron chi connectivity index (χ4n) is 2.65. The van der Waals surface area contributed by atoms with Crippen molar-refractivity contribution in [2.75, 3.05) is 20.6 Å². The lowest BCUT2D eigenvalue weighted by Crippen LogP contribution is -2.56. The molecule has 1 aromatic heterocycles. The fourth-order valence-corrected chi connectivity index (χ4v) is 2.65. The summed E-state index contributed by atoms with van der Waals surface area (Å²) in [7, 11) is 6.24. The van der Waals surface area contributed by atoms with Gasteiger partial charge in [-0.3, -0.25) is 0 Å². The zero-order chi connectivity index (χ0) is 13.2. The maximum absolute atomic E-state index is 8.91. The molecule has 0 radical (unpaired) electrons. The Morgan fingerprint density at radius 1 is 1.50 bits per heavy atom. The minimum absolute atomic E-state index is 0.354. The van der Waals surface area contributed by atoms with Crippen LogP contribution in [0.3, 0.4) is 0 Å². The van der Waals surface area contributed by atoms with Crippen LogP contribution in [0.1, 0.15) is 30.5 Å². The minimum atomic E-state index is 0.354. The van der Waals surface area contributed by atoms with Crippen molar-refractivity contribution in [2.24, 2.45) is 7.05 Å². The molecule has 1 aliphatic rings. The van der Waals surface area contributed by atoms with E-state index in [2.05, 4.69) is 30.4 Å². The van der Waals surface area contributed by atoms with Crippen LogP contribution in [0.5, 0.6) is 0 Å². The van der Waals surface area contributed by atoms with Crippen LogP contribution in [0, 0.1) is 11.3 Å². The number of likely N-dealkylation sites (N-methyl/N-ethyl adjacent to an activating group) is 1. The molecular weight excluding hydrogens is 224 g/mol. The Hall–Kier alpha value is -1.31. The molecule has 98 valence electrons. The molecule has 0 aliphatic heterocycles. The summed E-state index contributed by atoms with van der Waals surface area (Å²) >= 11 is 0. The number of rotatable bonds is 5. The lowest BCUT2D eigenvalue weighted by atomic mass is 9.75. The Labute approximate surface area is 109 Å². The quantitative estimate of drug-likeness (QED) is 0.855. The zero-order valence-corrected chi connectivity index (χ0v) is 11.5. The Balaban J connectivity index is 1.87. The van der Waals surface area contributed by atoms with Gasteiger partial charge in [-0.2, -0.15) is 5.26 Å². The van der Waals surface area contributed by atoms with E-state index in [0.29, 0.717) is 5.54 Å². The molecule has 4 heteroatoms. The van der Waals surface area contributed by atoms with Crippen molar-refractivity contribution >= 4 is 0 Å². The summed E-state index contributed by atoms with van der Waals surface area (Å²) < 4.78 is 1.88. The van der Waals surface area contributed by atoms with Crippen molar-refractivity contribution in [2.45, 2.75) is 31.3 Å². The van der Waals surface area contributed by atoms with Gasteiger partial charge < -0.3 is 14.8 Å². The third kappa shape index (κ3) is 2.43. The number of nitrogens with zero attached hydrogens (tertiary/aromatic N) is 3. The third-order valence-electron chi connectivity index (χ3n) is 4.19. The lowest BCUT2D eigenvalue weighted by Gasteiger charge is -2.47. The first kappa shape index (κ1) is 13.1. The smallest absolute Gasteiger partial charge is 0.120 e. The number of nitriles is 1. The normalized spacial score (nSPS) is 17.5.